The van der Waals surface area contributed by atoms with Gasteiger partial charge in [0.15, 0.2) is 0 Å². The number of hydrogen-bond acceptors (Lipinski definition) is 1. The van der Waals surface area contributed by atoms with Crippen LogP contribution in [0.25, 0.3) is 0 Å². The van der Waals surface area contributed by atoms with Crippen molar-refractivity contribution in [1.82, 2.24) is 0 Å². The van der Waals surface area contributed by atoms with E-state index in [1.165, 1.54) is 41.4 Å². The molecule has 1 N–H and O–H groups in total. The molecule has 0 aliphatic carbocycles. The third-order valence-electron chi connectivity index (χ3n) is 2.75. The zero-order chi connectivity index (χ0) is 11.8. The summed E-state index contributed by atoms with van der Waals surface area (Å²) in [5, 5.41) is 3.54. The highest BCUT2D eigenvalue weighted by Gasteiger charge is 2.01. The van der Waals surface area contributed by atoms with Crippen molar-refractivity contribution in [2.75, 3.05) is 5.32 Å². The Morgan fingerprint density at radius 3 is 2.44 bits per heavy atom. The standard InChI is InChI=1S/C14H22IN/c1-3-4-5-6-7-12(2)16-14-10-8-13(15)9-11-14/h8-12,16H,3-7H2,1-2H3. The molecule has 2 heteroatoms. The smallest absolute Gasteiger partial charge is 0.0342 e. The molecule has 0 amide bonds. The first kappa shape index (κ1) is 13.8. The molecular formula is C14H22IN. The summed E-state index contributed by atoms with van der Waals surface area (Å²) in [7, 11) is 0. The van der Waals surface area contributed by atoms with Gasteiger partial charge in [-0.1, -0.05) is 32.6 Å². The minimum Gasteiger partial charge on any atom is -0.383 e. The fourth-order valence-electron chi connectivity index (χ4n) is 1.78. The van der Waals surface area contributed by atoms with Crippen LogP contribution in [-0.2, 0) is 0 Å². The monoisotopic (exact) mass is 331 g/mol. The number of benzene rings is 1. The highest BCUT2D eigenvalue weighted by atomic mass is 127. The molecule has 90 valence electrons. The molecule has 0 aromatic heterocycles. The second kappa shape index (κ2) is 7.93. The van der Waals surface area contributed by atoms with Crippen molar-refractivity contribution in [1.29, 1.82) is 0 Å². The molecule has 1 nitrogen and oxygen atoms in total. The van der Waals surface area contributed by atoms with E-state index < -0.39 is 0 Å². The minimum atomic E-state index is 0.580. The Kier molecular flexibility index (Phi) is 6.85. The van der Waals surface area contributed by atoms with Crippen LogP contribution in [0.2, 0.25) is 0 Å². The van der Waals surface area contributed by atoms with Gasteiger partial charge >= 0.3 is 0 Å². The SMILES string of the molecule is CCCCCCC(C)Nc1ccc(I)cc1. The lowest BCUT2D eigenvalue weighted by molar-refractivity contribution is 0.594. The van der Waals surface area contributed by atoms with Crippen LogP contribution in [0.5, 0.6) is 0 Å². The maximum Gasteiger partial charge on any atom is 0.0342 e. The van der Waals surface area contributed by atoms with Gasteiger partial charge in [0.1, 0.15) is 0 Å². The van der Waals surface area contributed by atoms with Gasteiger partial charge in [0, 0.05) is 15.3 Å². The molecule has 1 aromatic carbocycles. The molecule has 0 heterocycles. The predicted molar refractivity (Wildman–Crippen MR) is 81.0 cm³/mol. The minimum absolute atomic E-state index is 0.580. The van der Waals surface area contributed by atoms with Gasteiger partial charge in [-0.15, -0.1) is 0 Å². The Hall–Kier alpha value is -0.250. The van der Waals surface area contributed by atoms with Crippen molar-refractivity contribution in [2.45, 2.75) is 52.0 Å². The predicted octanol–water partition coefficient (Wildman–Crippen LogP) is 5.06. The first-order valence-corrected chi connectivity index (χ1v) is 7.32. The van der Waals surface area contributed by atoms with Gasteiger partial charge in [-0.3, -0.25) is 0 Å². The normalized spacial score (nSPS) is 12.4. The Balaban J connectivity index is 2.23. The van der Waals surface area contributed by atoms with E-state index in [-0.39, 0.29) is 0 Å². The molecule has 1 unspecified atom stereocenters. The maximum atomic E-state index is 3.54. The molecule has 0 saturated heterocycles. The number of halogens is 1. The summed E-state index contributed by atoms with van der Waals surface area (Å²) in [5.74, 6) is 0. The molecule has 0 fully saturated rings. The van der Waals surface area contributed by atoms with Gasteiger partial charge < -0.3 is 5.32 Å². The molecule has 0 aliphatic rings. The van der Waals surface area contributed by atoms with Crippen molar-refractivity contribution < 1.29 is 0 Å². The van der Waals surface area contributed by atoms with Crippen LogP contribution in [0.4, 0.5) is 5.69 Å². The highest BCUT2D eigenvalue weighted by Crippen LogP contribution is 2.14. The molecule has 16 heavy (non-hydrogen) atoms. The summed E-state index contributed by atoms with van der Waals surface area (Å²) in [6.07, 6.45) is 6.67. The van der Waals surface area contributed by atoms with E-state index in [1.807, 2.05) is 0 Å². The van der Waals surface area contributed by atoms with E-state index in [1.54, 1.807) is 0 Å². The summed E-state index contributed by atoms with van der Waals surface area (Å²) < 4.78 is 1.29. The van der Waals surface area contributed by atoms with Gasteiger partial charge in [0.05, 0.1) is 0 Å². The van der Waals surface area contributed by atoms with Gasteiger partial charge in [0.25, 0.3) is 0 Å². The summed E-state index contributed by atoms with van der Waals surface area (Å²) in [6, 6.07) is 9.19. The van der Waals surface area contributed by atoms with Crippen molar-refractivity contribution >= 4 is 28.3 Å². The zero-order valence-corrected chi connectivity index (χ0v) is 12.5. The van der Waals surface area contributed by atoms with E-state index in [0.29, 0.717) is 6.04 Å². The first-order chi connectivity index (χ1) is 7.72. The van der Waals surface area contributed by atoms with Gasteiger partial charge in [-0.05, 0) is 60.2 Å². The summed E-state index contributed by atoms with van der Waals surface area (Å²) in [6.45, 7) is 4.52. The van der Waals surface area contributed by atoms with E-state index in [4.69, 9.17) is 0 Å². The van der Waals surface area contributed by atoms with Gasteiger partial charge in [-0.2, -0.15) is 0 Å². The van der Waals surface area contributed by atoms with Crippen molar-refractivity contribution in [3.63, 3.8) is 0 Å². The van der Waals surface area contributed by atoms with Gasteiger partial charge in [0.2, 0.25) is 0 Å². The maximum absolute atomic E-state index is 3.54. The third-order valence-corrected chi connectivity index (χ3v) is 3.47. The summed E-state index contributed by atoms with van der Waals surface area (Å²) in [5.41, 5.74) is 1.24. The quantitative estimate of drug-likeness (QED) is 0.544. The Morgan fingerprint density at radius 2 is 1.81 bits per heavy atom. The van der Waals surface area contributed by atoms with Crippen LogP contribution in [-0.4, -0.2) is 6.04 Å². The van der Waals surface area contributed by atoms with Gasteiger partial charge in [-0.25, -0.2) is 0 Å². The third kappa shape index (κ3) is 5.73. The topological polar surface area (TPSA) is 12.0 Å². The second-order valence-electron chi connectivity index (χ2n) is 4.40. The summed E-state index contributed by atoms with van der Waals surface area (Å²) in [4.78, 5) is 0. The van der Waals surface area contributed by atoms with E-state index >= 15 is 0 Å². The largest absolute Gasteiger partial charge is 0.383 e. The first-order valence-electron chi connectivity index (χ1n) is 6.24. The fourth-order valence-corrected chi connectivity index (χ4v) is 2.14. The number of unbranched alkanes of at least 4 members (excludes halogenated alkanes) is 3. The van der Waals surface area contributed by atoms with Crippen LogP contribution in [0.3, 0.4) is 0 Å². The average Bonchev–Trinajstić information content (AvgIpc) is 2.28. The van der Waals surface area contributed by atoms with Crippen LogP contribution in [0.1, 0.15) is 46.0 Å². The van der Waals surface area contributed by atoms with E-state index in [9.17, 15) is 0 Å². The molecular weight excluding hydrogens is 309 g/mol. The Morgan fingerprint density at radius 1 is 1.12 bits per heavy atom. The zero-order valence-electron chi connectivity index (χ0n) is 10.3. The lowest BCUT2D eigenvalue weighted by atomic mass is 10.1. The molecule has 1 rings (SSSR count). The van der Waals surface area contributed by atoms with Crippen molar-refractivity contribution in [3.05, 3.63) is 27.8 Å². The van der Waals surface area contributed by atoms with Crippen LogP contribution < -0.4 is 5.32 Å². The Bertz CT molecular complexity index is 281. The van der Waals surface area contributed by atoms with Crippen molar-refractivity contribution in [3.8, 4) is 0 Å². The lowest BCUT2D eigenvalue weighted by Crippen LogP contribution is -2.14. The number of anilines is 1. The molecule has 0 spiro atoms. The molecule has 1 atom stereocenters. The number of rotatable bonds is 7. The highest BCUT2D eigenvalue weighted by molar-refractivity contribution is 14.1. The molecule has 0 bridgehead atoms. The van der Waals surface area contributed by atoms with Crippen molar-refractivity contribution in [2.24, 2.45) is 0 Å². The molecule has 0 saturated carbocycles. The van der Waals surface area contributed by atoms with Crippen LogP contribution in [0.15, 0.2) is 24.3 Å². The van der Waals surface area contributed by atoms with Crippen LogP contribution >= 0.6 is 22.6 Å². The average molecular weight is 331 g/mol. The molecule has 0 radical (unpaired) electrons. The number of hydrogen-bond donors (Lipinski definition) is 1. The lowest BCUT2D eigenvalue weighted by Gasteiger charge is -2.15. The fraction of sp³-hybridized carbons (Fsp3) is 0.571. The molecule has 1 aromatic rings. The van der Waals surface area contributed by atoms with E-state index in [2.05, 4.69) is 66.0 Å². The van der Waals surface area contributed by atoms with E-state index in [0.717, 1.165) is 0 Å². The number of nitrogens with one attached hydrogen (secondary N) is 1. The molecule has 0 aliphatic heterocycles. The van der Waals surface area contributed by atoms with Crippen LogP contribution in [0, 0.1) is 3.57 Å². The second-order valence-corrected chi connectivity index (χ2v) is 5.65. The Labute approximate surface area is 113 Å². The summed E-state index contributed by atoms with van der Waals surface area (Å²) >= 11 is 2.33.